The van der Waals surface area contributed by atoms with E-state index in [1.165, 1.54) is 0 Å². The normalized spacial score (nSPS) is 10.9. The number of hydrogen-bond donors (Lipinski definition) is 2. The number of pyridine rings is 1. The molecule has 6 heteroatoms. The summed E-state index contributed by atoms with van der Waals surface area (Å²) >= 11 is 0. The summed E-state index contributed by atoms with van der Waals surface area (Å²) in [7, 11) is 1.63. The summed E-state index contributed by atoms with van der Waals surface area (Å²) in [5, 5.41) is 13.0. The van der Waals surface area contributed by atoms with Gasteiger partial charge in [0.05, 0.1) is 6.61 Å². The van der Waals surface area contributed by atoms with E-state index in [-0.39, 0.29) is 19.1 Å². The standard InChI is InChI=1S/C14H19N3O3/c1-20-7-3-6-15-13(19)9-17-8-11(10-18)12-4-2-5-16-14(12)17/h2,4-5,8,18H,3,6-7,9-10H2,1H3,(H,15,19). The van der Waals surface area contributed by atoms with Gasteiger partial charge in [0.1, 0.15) is 12.2 Å². The predicted molar refractivity (Wildman–Crippen MR) is 75.2 cm³/mol. The van der Waals surface area contributed by atoms with Crippen molar-refractivity contribution >= 4 is 16.9 Å². The van der Waals surface area contributed by atoms with Gasteiger partial charge in [0, 0.05) is 43.6 Å². The minimum absolute atomic E-state index is 0.0648. The van der Waals surface area contributed by atoms with Crippen molar-refractivity contribution in [1.29, 1.82) is 0 Å². The van der Waals surface area contributed by atoms with Gasteiger partial charge in [-0.1, -0.05) is 0 Å². The number of rotatable bonds is 7. The number of aliphatic hydroxyl groups is 1. The predicted octanol–water partition coefficient (Wildman–Crippen LogP) is 0.681. The first kappa shape index (κ1) is 14.5. The fraction of sp³-hybridized carbons (Fsp3) is 0.429. The minimum Gasteiger partial charge on any atom is -0.392 e. The lowest BCUT2D eigenvalue weighted by Crippen LogP contribution is -2.28. The molecule has 0 aromatic carbocycles. The zero-order chi connectivity index (χ0) is 14.4. The number of aliphatic hydroxyl groups excluding tert-OH is 1. The van der Waals surface area contributed by atoms with Crippen molar-refractivity contribution in [3.63, 3.8) is 0 Å². The summed E-state index contributed by atoms with van der Waals surface area (Å²) in [6.45, 7) is 1.35. The molecule has 0 radical (unpaired) electrons. The molecule has 20 heavy (non-hydrogen) atoms. The average molecular weight is 277 g/mol. The van der Waals surface area contributed by atoms with Gasteiger partial charge in [-0.05, 0) is 18.6 Å². The summed E-state index contributed by atoms with van der Waals surface area (Å²) < 4.78 is 6.68. The number of carbonyl (C=O) groups excluding carboxylic acids is 1. The summed E-state index contributed by atoms with van der Waals surface area (Å²) in [5.74, 6) is -0.0758. The zero-order valence-corrected chi connectivity index (χ0v) is 11.5. The highest BCUT2D eigenvalue weighted by Crippen LogP contribution is 2.18. The van der Waals surface area contributed by atoms with Crippen molar-refractivity contribution < 1.29 is 14.6 Å². The number of fused-ring (bicyclic) bond motifs is 1. The third-order valence-corrected chi connectivity index (χ3v) is 3.05. The molecule has 0 aliphatic heterocycles. The van der Waals surface area contributed by atoms with E-state index in [2.05, 4.69) is 10.3 Å². The SMILES string of the molecule is COCCCNC(=O)Cn1cc(CO)c2cccnc21. The van der Waals surface area contributed by atoms with E-state index in [1.807, 2.05) is 12.1 Å². The monoisotopic (exact) mass is 277 g/mol. The molecule has 0 bridgehead atoms. The van der Waals surface area contributed by atoms with Crippen LogP contribution in [0.4, 0.5) is 0 Å². The van der Waals surface area contributed by atoms with Crippen LogP contribution in [-0.4, -0.2) is 40.8 Å². The number of carbonyl (C=O) groups is 1. The molecule has 0 aliphatic carbocycles. The highest BCUT2D eigenvalue weighted by atomic mass is 16.5. The number of amides is 1. The fourth-order valence-electron chi connectivity index (χ4n) is 2.10. The molecule has 2 heterocycles. The van der Waals surface area contributed by atoms with Gasteiger partial charge in [-0.2, -0.15) is 0 Å². The molecule has 0 saturated heterocycles. The van der Waals surface area contributed by atoms with Gasteiger partial charge >= 0.3 is 0 Å². The molecule has 2 aromatic rings. The number of hydrogen-bond acceptors (Lipinski definition) is 4. The lowest BCUT2D eigenvalue weighted by Gasteiger charge is -2.06. The maximum absolute atomic E-state index is 11.9. The Labute approximate surface area is 117 Å². The third-order valence-electron chi connectivity index (χ3n) is 3.05. The third kappa shape index (κ3) is 3.34. The molecule has 0 saturated carbocycles. The van der Waals surface area contributed by atoms with Crippen LogP contribution in [0.25, 0.3) is 11.0 Å². The fourth-order valence-corrected chi connectivity index (χ4v) is 2.10. The Bertz CT molecular complexity index is 580. The molecule has 2 rings (SSSR count). The second-order valence-corrected chi connectivity index (χ2v) is 4.51. The van der Waals surface area contributed by atoms with E-state index in [0.717, 1.165) is 17.4 Å². The van der Waals surface area contributed by atoms with E-state index in [4.69, 9.17) is 4.74 Å². The van der Waals surface area contributed by atoms with Crippen LogP contribution in [0, 0.1) is 0 Å². The Hall–Kier alpha value is -1.92. The number of nitrogens with one attached hydrogen (secondary N) is 1. The number of methoxy groups -OCH3 is 1. The van der Waals surface area contributed by atoms with Crippen LogP contribution in [0.5, 0.6) is 0 Å². The Morgan fingerprint density at radius 1 is 1.55 bits per heavy atom. The van der Waals surface area contributed by atoms with E-state index < -0.39 is 0 Å². The van der Waals surface area contributed by atoms with Gasteiger partial charge < -0.3 is 19.7 Å². The Kier molecular flexibility index (Phi) is 5.09. The van der Waals surface area contributed by atoms with Crippen molar-refractivity contribution in [2.45, 2.75) is 19.6 Å². The molecule has 108 valence electrons. The molecular weight excluding hydrogens is 258 g/mol. The highest BCUT2D eigenvalue weighted by molar-refractivity contribution is 5.83. The molecule has 2 aromatic heterocycles. The average Bonchev–Trinajstić information content (AvgIpc) is 2.82. The van der Waals surface area contributed by atoms with Crippen LogP contribution >= 0.6 is 0 Å². The summed E-state index contributed by atoms with van der Waals surface area (Å²) in [5.41, 5.74) is 1.49. The second kappa shape index (κ2) is 7.02. The molecule has 6 nitrogen and oxygen atoms in total. The van der Waals surface area contributed by atoms with Gasteiger partial charge in [0.2, 0.25) is 5.91 Å². The quantitative estimate of drug-likeness (QED) is 0.730. The lowest BCUT2D eigenvalue weighted by atomic mass is 10.2. The van der Waals surface area contributed by atoms with E-state index in [1.54, 1.807) is 24.1 Å². The maximum atomic E-state index is 11.9. The van der Waals surface area contributed by atoms with Crippen LogP contribution in [0.1, 0.15) is 12.0 Å². The van der Waals surface area contributed by atoms with Crippen molar-refractivity contribution in [3.8, 4) is 0 Å². The topological polar surface area (TPSA) is 76.4 Å². The molecule has 0 fully saturated rings. The first-order valence-corrected chi connectivity index (χ1v) is 6.55. The first-order valence-electron chi connectivity index (χ1n) is 6.55. The summed E-state index contributed by atoms with van der Waals surface area (Å²) in [6, 6.07) is 3.71. The van der Waals surface area contributed by atoms with Gasteiger partial charge in [-0.25, -0.2) is 4.98 Å². The molecule has 0 spiro atoms. The van der Waals surface area contributed by atoms with Gasteiger partial charge in [-0.3, -0.25) is 4.79 Å². The molecule has 0 atom stereocenters. The van der Waals surface area contributed by atoms with Crippen LogP contribution in [-0.2, 0) is 22.7 Å². The van der Waals surface area contributed by atoms with Crippen molar-refractivity contribution in [2.24, 2.45) is 0 Å². The van der Waals surface area contributed by atoms with Crippen LogP contribution < -0.4 is 5.32 Å². The number of nitrogens with zero attached hydrogens (tertiary/aromatic N) is 2. The molecule has 0 unspecified atom stereocenters. The second-order valence-electron chi connectivity index (χ2n) is 4.51. The largest absolute Gasteiger partial charge is 0.392 e. The molecule has 1 amide bonds. The molecular formula is C14H19N3O3. The van der Waals surface area contributed by atoms with E-state index in [0.29, 0.717) is 18.8 Å². The maximum Gasteiger partial charge on any atom is 0.239 e. The molecule has 0 aliphatic rings. The van der Waals surface area contributed by atoms with Crippen molar-refractivity contribution in [3.05, 3.63) is 30.1 Å². The van der Waals surface area contributed by atoms with Crippen LogP contribution in [0.15, 0.2) is 24.5 Å². The number of ether oxygens (including phenoxy) is 1. The summed E-state index contributed by atoms with van der Waals surface area (Å²) in [6.07, 6.45) is 4.23. The smallest absolute Gasteiger partial charge is 0.239 e. The Balaban J connectivity index is 2.04. The minimum atomic E-state index is -0.0758. The number of aromatic nitrogens is 2. The van der Waals surface area contributed by atoms with E-state index >= 15 is 0 Å². The van der Waals surface area contributed by atoms with Crippen LogP contribution in [0.2, 0.25) is 0 Å². The molecule has 2 N–H and O–H groups in total. The summed E-state index contributed by atoms with van der Waals surface area (Å²) in [4.78, 5) is 16.1. The lowest BCUT2D eigenvalue weighted by molar-refractivity contribution is -0.121. The Morgan fingerprint density at radius 2 is 2.40 bits per heavy atom. The van der Waals surface area contributed by atoms with Gasteiger partial charge in [0.15, 0.2) is 0 Å². The van der Waals surface area contributed by atoms with Gasteiger partial charge in [0.25, 0.3) is 0 Å². The zero-order valence-electron chi connectivity index (χ0n) is 11.5. The van der Waals surface area contributed by atoms with Crippen molar-refractivity contribution in [2.75, 3.05) is 20.3 Å². The van der Waals surface area contributed by atoms with Crippen LogP contribution in [0.3, 0.4) is 0 Å². The highest BCUT2D eigenvalue weighted by Gasteiger charge is 2.10. The van der Waals surface area contributed by atoms with Gasteiger partial charge in [-0.15, -0.1) is 0 Å². The Morgan fingerprint density at radius 3 is 3.15 bits per heavy atom. The first-order chi connectivity index (χ1) is 9.76. The van der Waals surface area contributed by atoms with E-state index in [9.17, 15) is 9.90 Å². The van der Waals surface area contributed by atoms with Crippen molar-refractivity contribution in [1.82, 2.24) is 14.9 Å².